The summed E-state index contributed by atoms with van der Waals surface area (Å²) < 4.78 is 0. The Balaban J connectivity index is 2.46. The third kappa shape index (κ3) is 1.56. The molecule has 5 heteroatoms. The third-order valence-corrected chi connectivity index (χ3v) is 4.89. The van der Waals surface area contributed by atoms with Crippen molar-refractivity contribution in [1.82, 2.24) is 14.7 Å². The van der Waals surface area contributed by atoms with E-state index in [-0.39, 0.29) is 42.0 Å². The average molecular weight is 253 g/mol. The zero-order valence-electron chi connectivity index (χ0n) is 12.0. The van der Waals surface area contributed by atoms with E-state index in [0.29, 0.717) is 0 Å². The number of nitrogens with zero attached hydrogens (tertiary/aromatic N) is 3. The summed E-state index contributed by atoms with van der Waals surface area (Å²) in [4.78, 5) is 30.3. The Hall–Kier alpha value is -1.10. The molecule has 0 aromatic carbocycles. The van der Waals surface area contributed by atoms with Gasteiger partial charge in [0.2, 0.25) is 11.8 Å². The van der Waals surface area contributed by atoms with Gasteiger partial charge in [0.05, 0.1) is 12.2 Å². The van der Waals surface area contributed by atoms with E-state index in [1.54, 1.807) is 9.80 Å². The van der Waals surface area contributed by atoms with Gasteiger partial charge in [0.1, 0.15) is 6.04 Å². The molecule has 2 amide bonds. The van der Waals surface area contributed by atoms with Crippen LogP contribution in [0.3, 0.4) is 0 Å². The van der Waals surface area contributed by atoms with Crippen molar-refractivity contribution in [3.8, 4) is 0 Å². The molecule has 0 N–H and O–H groups in total. The lowest BCUT2D eigenvalue weighted by Gasteiger charge is -2.34. The predicted octanol–water partition coefficient (Wildman–Crippen LogP) is 0.360. The van der Waals surface area contributed by atoms with Crippen LogP contribution in [0.1, 0.15) is 27.7 Å². The molecular weight excluding hydrogens is 230 g/mol. The Labute approximate surface area is 109 Å². The first kappa shape index (κ1) is 13.3. The maximum absolute atomic E-state index is 12.3. The fourth-order valence-electron chi connectivity index (χ4n) is 3.21. The minimum Gasteiger partial charge on any atom is -0.341 e. The number of hydrogen-bond donors (Lipinski definition) is 0. The summed E-state index contributed by atoms with van der Waals surface area (Å²) in [5, 5.41) is 0. The number of amides is 2. The first-order valence-electron chi connectivity index (χ1n) is 6.59. The number of hydrogen-bond acceptors (Lipinski definition) is 3. The van der Waals surface area contributed by atoms with Gasteiger partial charge in [-0.15, -0.1) is 0 Å². The second-order valence-corrected chi connectivity index (χ2v) is 5.73. The van der Waals surface area contributed by atoms with Crippen molar-refractivity contribution in [2.24, 2.45) is 5.92 Å². The molecule has 2 heterocycles. The van der Waals surface area contributed by atoms with Crippen LogP contribution in [0.5, 0.6) is 0 Å². The van der Waals surface area contributed by atoms with E-state index in [0.717, 1.165) is 0 Å². The molecule has 0 spiro atoms. The minimum atomic E-state index is -0.368. The Morgan fingerprint density at radius 3 is 2.00 bits per heavy atom. The van der Waals surface area contributed by atoms with E-state index >= 15 is 0 Å². The molecule has 5 atom stereocenters. The summed E-state index contributed by atoms with van der Waals surface area (Å²) in [7, 11) is 3.80. The Kier molecular flexibility index (Phi) is 3.13. The lowest BCUT2D eigenvalue weighted by Crippen LogP contribution is -2.48. The summed E-state index contributed by atoms with van der Waals surface area (Å²) in [5.41, 5.74) is 0. The van der Waals surface area contributed by atoms with E-state index in [9.17, 15) is 9.59 Å². The summed E-state index contributed by atoms with van der Waals surface area (Å²) in [6.07, 6.45) is 0.0198. The monoisotopic (exact) mass is 253 g/mol. The molecule has 2 aliphatic rings. The fraction of sp³-hybridized carbons (Fsp3) is 0.846. The van der Waals surface area contributed by atoms with Crippen LogP contribution in [-0.2, 0) is 9.59 Å². The van der Waals surface area contributed by atoms with Gasteiger partial charge in [-0.1, -0.05) is 6.92 Å². The first-order chi connectivity index (χ1) is 8.29. The van der Waals surface area contributed by atoms with Gasteiger partial charge in [-0.05, 0) is 27.8 Å². The van der Waals surface area contributed by atoms with Gasteiger partial charge < -0.3 is 9.80 Å². The van der Waals surface area contributed by atoms with Crippen molar-refractivity contribution in [1.29, 1.82) is 0 Å². The van der Waals surface area contributed by atoms with E-state index in [1.165, 1.54) is 0 Å². The van der Waals surface area contributed by atoms with Crippen LogP contribution in [0.4, 0.5) is 0 Å². The maximum atomic E-state index is 12.3. The quantitative estimate of drug-likeness (QED) is 0.626. The number of rotatable bonds is 0. The first-order valence-corrected chi connectivity index (χ1v) is 6.59. The van der Waals surface area contributed by atoms with Crippen molar-refractivity contribution in [3.63, 3.8) is 0 Å². The molecule has 2 rings (SSSR count). The van der Waals surface area contributed by atoms with E-state index in [2.05, 4.69) is 18.7 Å². The third-order valence-electron chi connectivity index (χ3n) is 4.89. The van der Waals surface area contributed by atoms with Crippen LogP contribution in [-0.4, -0.2) is 64.9 Å². The van der Waals surface area contributed by atoms with Gasteiger partial charge in [0.25, 0.3) is 0 Å². The van der Waals surface area contributed by atoms with E-state index in [1.807, 2.05) is 27.9 Å². The van der Waals surface area contributed by atoms with Crippen LogP contribution in [0.25, 0.3) is 0 Å². The second kappa shape index (κ2) is 4.23. The van der Waals surface area contributed by atoms with Gasteiger partial charge in [0.15, 0.2) is 0 Å². The molecule has 0 radical (unpaired) electrons. The largest absolute Gasteiger partial charge is 0.341 e. The topological polar surface area (TPSA) is 43.9 Å². The molecule has 2 fully saturated rings. The lowest BCUT2D eigenvalue weighted by atomic mass is 9.99. The summed E-state index contributed by atoms with van der Waals surface area (Å²) >= 11 is 0. The summed E-state index contributed by atoms with van der Waals surface area (Å²) in [6, 6.07) is -0.369. The molecule has 0 bridgehead atoms. The predicted molar refractivity (Wildman–Crippen MR) is 68.7 cm³/mol. The Morgan fingerprint density at radius 1 is 0.889 bits per heavy atom. The molecule has 5 unspecified atom stereocenters. The summed E-state index contributed by atoms with van der Waals surface area (Å²) in [5.74, 6) is 0.341. The lowest BCUT2D eigenvalue weighted by molar-refractivity contribution is -0.142. The van der Waals surface area contributed by atoms with Gasteiger partial charge in [0, 0.05) is 19.0 Å². The molecule has 2 aliphatic heterocycles. The number of carbonyl (C=O) groups excluding carboxylic acids is 2. The zero-order valence-corrected chi connectivity index (χ0v) is 12.0. The second-order valence-electron chi connectivity index (χ2n) is 5.73. The average Bonchev–Trinajstić information content (AvgIpc) is 2.55. The molecule has 102 valence electrons. The van der Waals surface area contributed by atoms with Crippen molar-refractivity contribution in [2.75, 3.05) is 14.1 Å². The van der Waals surface area contributed by atoms with Gasteiger partial charge >= 0.3 is 0 Å². The van der Waals surface area contributed by atoms with Crippen LogP contribution in [0.2, 0.25) is 0 Å². The van der Waals surface area contributed by atoms with Crippen LogP contribution >= 0.6 is 0 Å². The van der Waals surface area contributed by atoms with Gasteiger partial charge in [-0.2, -0.15) is 0 Å². The van der Waals surface area contributed by atoms with Gasteiger partial charge in [-0.25, -0.2) is 0 Å². The number of carbonyl (C=O) groups is 2. The Morgan fingerprint density at radius 2 is 1.44 bits per heavy atom. The molecule has 0 saturated carbocycles. The highest BCUT2D eigenvalue weighted by Gasteiger charge is 2.51. The minimum absolute atomic E-state index is 0.0198. The normalized spacial score (nSPS) is 42.2. The highest BCUT2D eigenvalue weighted by molar-refractivity contribution is 5.91. The Bertz CT molecular complexity index is 382. The molecular formula is C13H23N3O2. The molecule has 0 aromatic heterocycles. The molecule has 0 aliphatic carbocycles. The van der Waals surface area contributed by atoms with Crippen molar-refractivity contribution < 1.29 is 9.59 Å². The van der Waals surface area contributed by atoms with Crippen LogP contribution < -0.4 is 0 Å². The van der Waals surface area contributed by atoms with Crippen LogP contribution in [0.15, 0.2) is 0 Å². The molecule has 0 aromatic rings. The highest BCUT2D eigenvalue weighted by Crippen LogP contribution is 2.33. The molecule has 2 saturated heterocycles. The molecule has 18 heavy (non-hydrogen) atoms. The van der Waals surface area contributed by atoms with Gasteiger partial charge in [-0.3, -0.25) is 14.5 Å². The highest BCUT2D eigenvalue weighted by atomic mass is 16.2. The molecule has 5 nitrogen and oxygen atoms in total. The van der Waals surface area contributed by atoms with Crippen LogP contribution in [0, 0.1) is 5.92 Å². The van der Waals surface area contributed by atoms with Crippen molar-refractivity contribution in [2.45, 2.75) is 52.0 Å². The smallest absolute Gasteiger partial charge is 0.245 e. The maximum Gasteiger partial charge on any atom is 0.245 e. The van der Waals surface area contributed by atoms with Crippen molar-refractivity contribution >= 4 is 11.8 Å². The standard InChI is InChI=1S/C13H23N3O2/c1-7-8(2)15(6)12(17)10(4)16-11(7)14(5)9(3)13(16)18/h7-11H,1-6H3. The van der Waals surface area contributed by atoms with Crippen molar-refractivity contribution in [3.05, 3.63) is 0 Å². The SMILES string of the molecule is CC1C(C)N(C)C(=O)C(C)N2C(=O)C(C)N(C)C12. The van der Waals surface area contributed by atoms with E-state index in [4.69, 9.17) is 0 Å². The zero-order chi connectivity index (χ0) is 13.8. The number of likely N-dealkylation sites (N-methyl/N-ethyl adjacent to an activating group) is 2. The number of fused-ring (bicyclic) bond motifs is 1. The summed E-state index contributed by atoms with van der Waals surface area (Å²) in [6.45, 7) is 7.92. The van der Waals surface area contributed by atoms with E-state index < -0.39 is 0 Å². The fourth-order valence-corrected chi connectivity index (χ4v) is 3.21.